The van der Waals surface area contributed by atoms with E-state index in [2.05, 4.69) is 23.5 Å². The number of para-hydroxylation sites is 1. The number of methoxy groups -OCH3 is 1. The average molecular weight is 189 g/mol. The maximum absolute atomic E-state index is 5.32. The van der Waals surface area contributed by atoms with Crippen LogP contribution in [-0.2, 0) is 5.41 Å². The van der Waals surface area contributed by atoms with Crippen LogP contribution in [0.25, 0.3) is 0 Å². The zero-order chi connectivity index (χ0) is 10.0. The Labute approximate surface area is 83.8 Å². The molecule has 1 radical (unpaired) electrons. The van der Waals surface area contributed by atoms with E-state index in [1.165, 1.54) is 0 Å². The van der Waals surface area contributed by atoms with Crippen LogP contribution in [0.4, 0.5) is 0 Å². The van der Waals surface area contributed by atoms with Gasteiger partial charge in [-0.25, -0.2) is 0 Å². The lowest BCUT2D eigenvalue weighted by Gasteiger charge is -2.21. The summed E-state index contributed by atoms with van der Waals surface area (Å²) in [5.74, 6) is 0.901. The van der Waals surface area contributed by atoms with E-state index in [-0.39, 0.29) is 5.41 Å². The molecular weight excluding hydrogens is 176 g/mol. The molecule has 2 rings (SSSR count). The predicted octanol–water partition coefficient (Wildman–Crippen LogP) is 1.56. The third-order valence-corrected chi connectivity index (χ3v) is 2.55. The van der Waals surface area contributed by atoms with E-state index in [9.17, 15) is 0 Å². The Kier molecular flexibility index (Phi) is 2.15. The first kappa shape index (κ1) is 9.06. The molecule has 1 atom stereocenters. The molecule has 3 heteroatoms. The highest BCUT2D eigenvalue weighted by atomic mass is 16.5. The molecule has 0 saturated heterocycles. The average Bonchev–Trinajstić information content (AvgIpc) is 2.66. The maximum Gasteiger partial charge on any atom is 0.123 e. The second-order valence-corrected chi connectivity index (χ2v) is 3.66. The van der Waals surface area contributed by atoms with E-state index in [0.29, 0.717) is 6.54 Å². The predicted molar refractivity (Wildman–Crippen MR) is 55.8 cm³/mol. The summed E-state index contributed by atoms with van der Waals surface area (Å²) in [7, 11) is 1.69. The van der Waals surface area contributed by atoms with Crippen LogP contribution >= 0.6 is 0 Å². The zero-order valence-corrected chi connectivity index (χ0v) is 8.40. The van der Waals surface area contributed by atoms with Gasteiger partial charge in [0.25, 0.3) is 0 Å². The molecule has 73 valence electrons. The van der Waals surface area contributed by atoms with Gasteiger partial charge in [-0.2, -0.15) is 10.5 Å². The molecule has 14 heavy (non-hydrogen) atoms. The van der Waals surface area contributed by atoms with Crippen molar-refractivity contribution in [1.82, 2.24) is 5.43 Å². The number of hydrogen-bond donors (Lipinski definition) is 0. The van der Waals surface area contributed by atoms with Crippen LogP contribution in [0, 0.1) is 0 Å². The molecule has 0 spiro atoms. The van der Waals surface area contributed by atoms with Crippen LogP contribution in [0.5, 0.6) is 5.75 Å². The fourth-order valence-corrected chi connectivity index (χ4v) is 1.67. The summed E-state index contributed by atoms with van der Waals surface area (Å²) in [5.41, 5.74) is 5.04. The van der Waals surface area contributed by atoms with Crippen molar-refractivity contribution >= 4 is 6.21 Å². The molecule has 0 saturated carbocycles. The van der Waals surface area contributed by atoms with E-state index in [1.807, 2.05) is 24.4 Å². The van der Waals surface area contributed by atoms with E-state index in [4.69, 9.17) is 4.74 Å². The van der Waals surface area contributed by atoms with Crippen molar-refractivity contribution in [3.8, 4) is 5.75 Å². The Balaban J connectivity index is 2.44. The Bertz CT molecular complexity index is 362. The van der Waals surface area contributed by atoms with Gasteiger partial charge >= 0.3 is 0 Å². The SMILES string of the molecule is COc1ccccc1C1(C)C=N[N]C1. The van der Waals surface area contributed by atoms with Gasteiger partial charge in [0.2, 0.25) is 0 Å². The Morgan fingerprint density at radius 1 is 1.36 bits per heavy atom. The van der Waals surface area contributed by atoms with E-state index >= 15 is 0 Å². The zero-order valence-electron chi connectivity index (χ0n) is 8.40. The largest absolute Gasteiger partial charge is 0.496 e. The van der Waals surface area contributed by atoms with Crippen molar-refractivity contribution in [3.05, 3.63) is 29.8 Å². The van der Waals surface area contributed by atoms with E-state index < -0.39 is 0 Å². The summed E-state index contributed by atoms with van der Waals surface area (Å²) in [6.45, 7) is 2.82. The molecule has 1 heterocycles. The molecule has 1 aliphatic heterocycles. The number of nitrogens with zero attached hydrogens (tertiary/aromatic N) is 2. The van der Waals surface area contributed by atoms with Crippen LogP contribution < -0.4 is 10.2 Å². The number of hydrogen-bond acceptors (Lipinski definition) is 2. The fourth-order valence-electron chi connectivity index (χ4n) is 1.67. The third-order valence-electron chi connectivity index (χ3n) is 2.55. The summed E-state index contributed by atoms with van der Waals surface area (Å²) in [5, 5.41) is 3.93. The number of ether oxygens (including phenoxy) is 1. The van der Waals surface area contributed by atoms with Gasteiger partial charge in [-0.1, -0.05) is 18.2 Å². The first-order valence-corrected chi connectivity index (χ1v) is 4.61. The highest BCUT2D eigenvalue weighted by molar-refractivity contribution is 5.76. The smallest absolute Gasteiger partial charge is 0.123 e. The normalized spacial score (nSPS) is 24.7. The minimum atomic E-state index is -0.105. The van der Waals surface area contributed by atoms with Gasteiger partial charge in [0.1, 0.15) is 5.75 Å². The lowest BCUT2D eigenvalue weighted by Crippen LogP contribution is -2.27. The van der Waals surface area contributed by atoms with E-state index in [0.717, 1.165) is 11.3 Å². The van der Waals surface area contributed by atoms with Gasteiger partial charge in [0, 0.05) is 11.8 Å². The molecule has 1 aliphatic rings. The van der Waals surface area contributed by atoms with Crippen LogP contribution in [0.15, 0.2) is 29.4 Å². The van der Waals surface area contributed by atoms with E-state index in [1.54, 1.807) is 7.11 Å². The molecule has 1 aromatic rings. The van der Waals surface area contributed by atoms with Crippen LogP contribution in [0.3, 0.4) is 0 Å². The molecule has 0 aliphatic carbocycles. The monoisotopic (exact) mass is 189 g/mol. The summed E-state index contributed by atoms with van der Waals surface area (Å²) >= 11 is 0. The Morgan fingerprint density at radius 2 is 2.14 bits per heavy atom. The molecule has 0 aromatic heterocycles. The topological polar surface area (TPSA) is 35.7 Å². The van der Waals surface area contributed by atoms with Gasteiger partial charge in [0.15, 0.2) is 0 Å². The summed E-state index contributed by atoms with van der Waals surface area (Å²) in [6, 6.07) is 8.00. The number of benzene rings is 1. The van der Waals surface area contributed by atoms with Gasteiger partial charge in [-0.3, -0.25) is 0 Å². The van der Waals surface area contributed by atoms with Gasteiger partial charge < -0.3 is 4.74 Å². The molecule has 0 bridgehead atoms. The Morgan fingerprint density at radius 3 is 2.79 bits per heavy atom. The quantitative estimate of drug-likeness (QED) is 0.695. The molecule has 3 nitrogen and oxygen atoms in total. The van der Waals surface area contributed by atoms with Crippen LogP contribution in [-0.4, -0.2) is 19.9 Å². The van der Waals surface area contributed by atoms with Gasteiger partial charge in [-0.05, 0) is 13.0 Å². The third kappa shape index (κ3) is 1.35. The van der Waals surface area contributed by atoms with Crippen molar-refractivity contribution in [1.29, 1.82) is 0 Å². The van der Waals surface area contributed by atoms with Crippen molar-refractivity contribution in [2.75, 3.05) is 13.7 Å². The van der Waals surface area contributed by atoms with Gasteiger partial charge in [-0.15, -0.1) is 0 Å². The second kappa shape index (κ2) is 3.33. The van der Waals surface area contributed by atoms with Crippen molar-refractivity contribution in [3.63, 3.8) is 0 Å². The van der Waals surface area contributed by atoms with Crippen LogP contribution in [0.1, 0.15) is 12.5 Å². The minimum Gasteiger partial charge on any atom is -0.496 e. The highest BCUT2D eigenvalue weighted by Crippen LogP contribution is 2.31. The summed E-state index contributed by atoms with van der Waals surface area (Å²) < 4.78 is 5.32. The summed E-state index contributed by atoms with van der Waals surface area (Å²) in [6.07, 6.45) is 1.88. The summed E-state index contributed by atoms with van der Waals surface area (Å²) in [4.78, 5) is 0. The molecule has 1 unspecified atom stereocenters. The highest BCUT2D eigenvalue weighted by Gasteiger charge is 2.31. The lowest BCUT2D eigenvalue weighted by atomic mass is 9.84. The molecule has 0 fully saturated rings. The van der Waals surface area contributed by atoms with Gasteiger partial charge in [0.05, 0.1) is 19.1 Å². The minimum absolute atomic E-state index is 0.105. The Hall–Kier alpha value is -1.51. The molecule has 0 amide bonds. The fraction of sp³-hybridized carbons (Fsp3) is 0.364. The van der Waals surface area contributed by atoms with Crippen LogP contribution in [0.2, 0.25) is 0 Å². The first-order chi connectivity index (χ1) is 6.76. The van der Waals surface area contributed by atoms with Crippen molar-refractivity contribution < 1.29 is 4.74 Å². The van der Waals surface area contributed by atoms with Crippen molar-refractivity contribution in [2.45, 2.75) is 12.3 Å². The van der Waals surface area contributed by atoms with Crippen molar-refractivity contribution in [2.24, 2.45) is 5.10 Å². The lowest BCUT2D eigenvalue weighted by molar-refractivity contribution is 0.402. The maximum atomic E-state index is 5.32. The molecular formula is C11H13N2O. The first-order valence-electron chi connectivity index (χ1n) is 4.61. The standard InChI is InChI=1S/C11H13N2O/c1-11(7-12-13-8-11)9-5-3-4-6-10(9)14-2/h3-7H,8H2,1-2H3. The molecule has 1 aromatic carbocycles. The number of rotatable bonds is 2. The molecule has 0 N–H and O–H groups in total. The second-order valence-electron chi connectivity index (χ2n) is 3.66.